The first-order valence-corrected chi connectivity index (χ1v) is 7.92. The first-order chi connectivity index (χ1) is 9.48. The fourth-order valence-electron chi connectivity index (χ4n) is 2.40. The van der Waals surface area contributed by atoms with Crippen molar-refractivity contribution in [3.8, 4) is 0 Å². The highest BCUT2D eigenvalue weighted by Crippen LogP contribution is 2.49. The van der Waals surface area contributed by atoms with Crippen molar-refractivity contribution >= 4 is 57.4 Å². The largest absolute Gasteiger partial charge is 0.471 e. The molecule has 2 rings (SSSR count). The van der Waals surface area contributed by atoms with Crippen molar-refractivity contribution in [3.63, 3.8) is 0 Å². The lowest BCUT2D eigenvalue weighted by atomic mass is 9.85. The third kappa shape index (κ3) is 2.86. The first kappa shape index (κ1) is 17.1. The lowest BCUT2D eigenvalue weighted by Gasteiger charge is -2.48. The van der Waals surface area contributed by atoms with Gasteiger partial charge in [0.05, 0.1) is 16.3 Å². The van der Waals surface area contributed by atoms with Gasteiger partial charge in [0.15, 0.2) is 0 Å². The minimum absolute atomic E-state index is 0.152. The van der Waals surface area contributed by atoms with Crippen LogP contribution in [0.2, 0.25) is 0 Å². The molecule has 0 bridgehead atoms. The SMILES string of the molecule is CC1(C)[C@H](Cl)[C@H](Cl)c2cc(I)ccc2N1C(=O)C(F)(F)F. The molecule has 116 valence electrons. The van der Waals surface area contributed by atoms with Crippen LogP contribution in [0.1, 0.15) is 24.8 Å². The summed E-state index contributed by atoms with van der Waals surface area (Å²) in [5.41, 5.74) is -0.680. The Morgan fingerprint density at radius 3 is 2.43 bits per heavy atom. The molecule has 0 aliphatic carbocycles. The van der Waals surface area contributed by atoms with Crippen molar-refractivity contribution in [1.29, 1.82) is 0 Å². The molecule has 1 aromatic rings. The van der Waals surface area contributed by atoms with Gasteiger partial charge in [0, 0.05) is 9.26 Å². The first-order valence-electron chi connectivity index (χ1n) is 5.97. The van der Waals surface area contributed by atoms with E-state index in [4.69, 9.17) is 23.2 Å². The number of hydrogen-bond donors (Lipinski definition) is 0. The van der Waals surface area contributed by atoms with Crippen LogP contribution in [0.4, 0.5) is 18.9 Å². The number of hydrogen-bond acceptors (Lipinski definition) is 1. The zero-order chi connectivity index (χ0) is 16.2. The predicted molar refractivity (Wildman–Crippen MR) is 85.0 cm³/mol. The number of anilines is 1. The van der Waals surface area contributed by atoms with Crippen LogP contribution in [-0.2, 0) is 4.79 Å². The maximum absolute atomic E-state index is 12.9. The van der Waals surface area contributed by atoms with Crippen molar-refractivity contribution in [2.45, 2.75) is 36.3 Å². The third-order valence-corrected chi connectivity index (χ3v) is 5.55. The predicted octanol–water partition coefficient (Wildman–Crippen LogP) is 4.87. The minimum Gasteiger partial charge on any atom is -0.297 e. The Kier molecular flexibility index (Phi) is 4.45. The van der Waals surface area contributed by atoms with Crippen molar-refractivity contribution in [2.75, 3.05) is 4.90 Å². The molecule has 1 aliphatic rings. The molecule has 1 aliphatic heterocycles. The van der Waals surface area contributed by atoms with Crippen molar-refractivity contribution < 1.29 is 18.0 Å². The molecule has 0 fully saturated rings. The average Bonchev–Trinajstić information content (AvgIpc) is 2.36. The molecule has 0 aromatic heterocycles. The number of alkyl halides is 5. The molecule has 0 saturated heterocycles. The second-order valence-electron chi connectivity index (χ2n) is 5.30. The highest BCUT2D eigenvalue weighted by molar-refractivity contribution is 14.1. The molecule has 2 nitrogen and oxygen atoms in total. The van der Waals surface area contributed by atoms with Gasteiger partial charge < -0.3 is 0 Å². The monoisotopic (exact) mass is 451 g/mol. The topological polar surface area (TPSA) is 20.3 Å². The summed E-state index contributed by atoms with van der Waals surface area (Å²) in [4.78, 5) is 12.5. The van der Waals surface area contributed by atoms with Gasteiger partial charge in [-0.2, -0.15) is 13.2 Å². The van der Waals surface area contributed by atoms with Crippen LogP contribution < -0.4 is 4.90 Å². The van der Waals surface area contributed by atoms with Crippen LogP contribution in [0, 0.1) is 3.57 Å². The molecule has 2 atom stereocenters. The lowest BCUT2D eigenvalue weighted by Crippen LogP contribution is -2.60. The summed E-state index contributed by atoms with van der Waals surface area (Å²) in [7, 11) is 0. The molecular formula is C13H11Cl2F3INO. The number of carbonyl (C=O) groups is 1. The Labute approximate surface area is 143 Å². The number of nitrogens with zero attached hydrogens (tertiary/aromatic N) is 1. The number of amides is 1. The molecule has 0 saturated carbocycles. The molecule has 0 radical (unpaired) electrons. The third-order valence-electron chi connectivity index (χ3n) is 3.48. The second-order valence-corrected chi connectivity index (χ2v) is 7.48. The molecule has 0 spiro atoms. The highest BCUT2D eigenvalue weighted by atomic mass is 127. The number of benzene rings is 1. The smallest absolute Gasteiger partial charge is 0.297 e. The van der Waals surface area contributed by atoms with Gasteiger partial charge >= 0.3 is 12.1 Å². The van der Waals surface area contributed by atoms with E-state index in [2.05, 4.69) is 0 Å². The number of halogens is 6. The fraction of sp³-hybridized carbons (Fsp3) is 0.462. The zero-order valence-corrected chi connectivity index (χ0v) is 14.7. The summed E-state index contributed by atoms with van der Waals surface area (Å²) >= 11 is 14.5. The number of fused-ring (bicyclic) bond motifs is 1. The molecule has 1 amide bonds. The van der Waals surface area contributed by atoms with E-state index in [1.165, 1.54) is 19.9 Å². The standard InChI is InChI=1S/C13H11Cl2F3INO/c1-12(2)10(15)9(14)7-5-6(19)3-4-8(7)20(12)11(21)13(16,17)18/h3-5,9-10H,1-2H3/t9-,10-/m1/s1. The van der Waals surface area contributed by atoms with Gasteiger partial charge in [0.1, 0.15) is 0 Å². The zero-order valence-electron chi connectivity index (χ0n) is 11.0. The van der Waals surface area contributed by atoms with Crippen LogP contribution in [0.3, 0.4) is 0 Å². The number of rotatable bonds is 0. The van der Waals surface area contributed by atoms with E-state index in [-0.39, 0.29) is 5.69 Å². The molecule has 21 heavy (non-hydrogen) atoms. The van der Waals surface area contributed by atoms with Gasteiger partial charge in [-0.25, -0.2) is 0 Å². The van der Waals surface area contributed by atoms with Gasteiger partial charge in [-0.05, 0) is 60.2 Å². The molecule has 1 heterocycles. The number of carbonyl (C=O) groups excluding carboxylic acids is 1. The Bertz CT molecular complexity index is 591. The van der Waals surface area contributed by atoms with Crippen molar-refractivity contribution in [1.82, 2.24) is 0 Å². The van der Waals surface area contributed by atoms with Crippen molar-refractivity contribution in [2.24, 2.45) is 0 Å². The van der Waals surface area contributed by atoms with E-state index in [1.807, 2.05) is 22.6 Å². The average molecular weight is 452 g/mol. The molecular weight excluding hydrogens is 441 g/mol. The van der Waals surface area contributed by atoms with Crippen LogP contribution in [0.25, 0.3) is 0 Å². The van der Waals surface area contributed by atoms with Crippen LogP contribution in [0.5, 0.6) is 0 Å². The minimum atomic E-state index is -4.98. The molecule has 8 heteroatoms. The summed E-state index contributed by atoms with van der Waals surface area (Å²) in [5.74, 6) is -1.94. The highest BCUT2D eigenvalue weighted by Gasteiger charge is 2.54. The summed E-state index contributed by atoms with van der Waals surface area (Å²) in [6.07, 6.45) is -4.98. The lowest BCUT2D eigenvalue weighted by molar-refractivity contribution is -0.171. The summed E-state index contributed by atoms with van der Waals surface area (Å²) in [5, 5.41) is -1.53. The molecule has 0 N–H and O–H groups in total. The van der Waals surface area contributed by atoms with Gasteiger partial charge in [0.2, 0.25) is 0 Å². The Morgan fingerprint density at radius 1 is 1.33 bits per heavy atom. The molecule has 0 unspecified atom stereocenters. The van der Waals surface area contributed by atoms with Gasteiger partial charge in [-0.1, -0.05) is 0 Å². The summed E-state index contributed by atoms with van der Waals surface area (Å²) < 4.78 is 39.5. The van der Waals surface area contributed by atoms with E-state index in [1.54, 1.807) is 12.1 Å². The maximum atomic E-state index is 12.9. The Hall–Kier alpha value is -0.210. The Morgan fingerprint density at radius 2 is 1.90 bits per heavy atom. The van der Waals surface area contributed by atoms with Gasteiger partial charge in [-0.15, -0.1) is 23.2 Å². The van der Waals surface area contributed by atoms with Crippen molar-refractivity contribution in [3.05, 3.63) is 27.3 Å². The second kappa shape index (κ2) is 5.45. The summed E-state index contributed by atoms with van der Waals surface area (Å²) in [6, 6.07) is 4.75. The van der Waals surface area contributed by atoms with Crippen LogP contribution >= 0.6 is 45.8 Å². The quantitative estimate of drug-likeness (QED) is 0.407. The Balaban J connectivity index is 2.68. The van der Waals surface area contributed by atoms with E-state index >= 15 is 0 Å². The van der Waals surface area contributed by atoms with Gasteiger partial charge in [-0.3, -0.25) is 9.69 Å². The summed E-state index contributed by atoms with van der Waals surface area (Å²) in [6.45, 7) is 2.95. The maximum Gasteiger partial charge on any atom is 0.471 e. The molecule has 1 aromatic carbocycles. The van der Waals surface area contributed by atoms with Gasteiger partial charge in [0.25, 0.3) is 0 Å². The van der Waals surface area contributed by atoms with E-state index in [0.29, 0.717) is 10.5 Å². The van der Waals surface area contributed by atoms with Crippen LogP contribution in [-0.4, -0.2) is 23.0 Å². The van der Waals surface area contributed by atoms with E-state index < -0.39 is 28.4 Å². The van der Waals surface area contributed by atoms with E-state index in [0.717, 1.165) is 3.57 Å². The van der Waals surface area contributed by atoms with E-state index in [9.17, 15) is 18.0 Å². The van der Waals surface area contributed by atoms with Crippen LogP contribution in [0.15, 0.2) is 18.2 Å². The fourth-order valence-corrected chi connectivity index (χ4v) is 3.63. The normalized spacial score (nSPS) is 24.7.